The van der Waals surface area contributed by atoms with Crippen LogP contribution in [0, 0.1) is 0 Å². The predicted molar refractivity (Wildman–Crippen MR) is 75.4 cm³/mol. The van der Waals surface area contributed by atoms with Crippen LogP contribution in [-0.2, 0) is 20.8 Å². The van der Waals surface area contributed by atoms with E-state index in [9.17, 15) is 14.4 Å². The third-order valence-electron chi connectivity index (χ3n) is 2.86. The van der Waals surface area contributed by atoms with Crippen LogP contribution < -0.4 is 11.1 Å². The molecule has 2 atom stereocenters. The zero-order valence-electron chi connectivity index (χ0n) is 11.5. The molecule has 0 aliphatic carbocycles. The van der Waals surface area contributed by atoms with E-state index in [4.69, 9.17) is 11.3 Å². The van der Waals surface area contributed by atoms with Gasteiger partial charge in [-0.2, -0.15) is 4.79 Å². The first-order chi connectivity index (χ1) is 9.99. The Hall–Kier alpha value is -2.63. The highest BCUT2D eigenvalue weighted by Crippen LogP contribution is 2.02. The van der Waals surface area contributed by atoms with Gasteiger partial charge in [0.15, 0.2) is 0 Å². The van der Waals surface area contributed by atoms with Crippen molar-refractivity contribution in [2.24, 2.45) is 5.73 Å². The highest BCUT2D eigenvalue weighted by atomic mass is 16.2. The second-order valence-electron chi connectivity index (χ2n) is 4.49. The number of carbonyl (C=O) groups is 3. The first-order valence-corrected chi connectivity index (χ1v) is 6.31. The lowest BCUT2D eigenvalue weighted by atomic mass is 10.0. The van der Waals surface area contributed by atoms with Gasteiger partial charge in [-0.1, -0.05) is 30.3 Å². The van der Waals surface area contributed by atoms with Crippen molar-refractivity contribution in [2.75, 3.05) is 0 Å². The molecule has 0 radical (unpaired) electrons. The van der Waals surface area contributed by atoms with E-state index in [0.717, 1.165) is 5.56 Å². The number of rotatable bonds is 7. The summed E-state index contributed by atoms with van der Waals surface area (Å²) < 4.78 is 0. The van der Waals surface area contributed by atoms with Crippen LogP contribution in [-0.4, -0.2) is 40.6 Å². The maximum Gasteiger partial charge on any atom is 0.399 e. The Balaban J connectivity index is 2.62. The van der Waals surface area contributed by atoms with Gasteiger partial charge in [0.05, 0.1) is 12.1 Å². The molecule has 0 heterocycles. The minimum Gasteiger partial charge on any atom is -0.360 e. The Morgan fingerprint density at radius 2 is 2.00 bits per heavy atom. The lowest BCUT2D eigenvalue weighted by Crippen LogP contribution is -2.49. The zero-order valence-corrected chi connectivity index (χ0v) is 11.5. The van der Waals surface area contributed by atoms with Gasteiger partial charge >= 0.3 is 5.71 Å². The number of carbonyl (C=O) groups excluding carboxylic acids is 3. The molecule has 0 saturated heterocycles. The molecule has 110 valence electrons. The number of aldehydes is 1. The van der Waals surface area contributed by atoms with Gasteiger partial charge in [0.1, 0.15) is 0 Å². The number of nitrogens with one attached hydrogen (secondary N) is 1. The number of ketones is 1. The first-order valence-electron chi connectivity index (χ1n) is 6.31. The van der Waals surface area contributed by atoms with Crippen molar-refractivity contribution in [2.45, 2.75) is 25.4 Å². The van der Waals surface area contributed by atoms with Crippen molar-refractivity contribution in [3.8, 4) is 0 Å². The van der Waals surface area contributed by atoms with Crippen molar-refractivity contribution in [3.05, 3.63) is 41.4 Å². The van der Waals surface area contributed by atoms with Crippen LogP contribution in [0.3, 0.4) is 0 Å². The predicted octanol–water partition coefficient (Wildman–Crippen LogP) is -0.500. The normalized spacial score (nSPS) is 12.7. The summed E-state index contributed by atoms with van der Waals surface area (Å²) in [5, 5.41) is 2.38. The van der Waals surface area contributed by atoms with Gasteiger partial charge in [-0.15, -0.1) is 0 Å². The van der Waals surface area contributed by atoms with E-state index in [1.54, 1.807) is 0 Å². The summed E-state index contributed by atoms with van der Waals surface area (Å²) in [5.41, 5.74) is 14.5. The Bertz CT molecular complexity index is 579. The fourth-order valence-corrected chi connectivity index (χ4v) is 1.70. The number of nitrogens with zero attached hydrogens (tertiary/aromatic N) is 2. The molecule has 0 spiro atoms. The van der Waals surface area contributed by atoms with Gasteiger partial charge in [0.25, 0.3) is 5.78 Å². The van der Waals surface area contributed by atoms with Gasteiger partial charge in [-0.05, 0) is 18.9 Å². The minimum absolute atomic E-state index is 0.120. The smallest absolute Gasteiger partial charge is 0.360 e. The number of Topliss-reactive ketones (excluding diaryl/α,β-unsaturated/α-hetero) is 1. The maximum absolute atomic E-state index is 11.9. The monoisotopic (exact) mass is 288 g/mol. The standard InChI is InChI=1S/C14H16N4O3/c1-9(13(20)12(8-19)18-16)17-14(21)11(15)7-10-5-3-2-4-6-10/h2-6,8-9,11H,7,15H2,1H3,(H,17,21)/t9-,11-/m0/s1. The maximum atomic E-state index is 11.9. The molecule has 21 heavy (non-hydrogen) atoms. The second-order valence-corrected chi connectivity index (χ2v) is 4.49. The Labute approximate surface area is 121 Å². The van der Waals surface area contributed by atoms with Crippen LogP contribution in [0.1, 0.15) is 12.5 Å². The van der Waals surface area contributed by atoms with E-state index >= 15 is 0 Å². The van der Waals surface area contributed by atoms with Gasteiger partial charge in [0, 0.05) is 0 Å². The highest BCUT2D eigenvalue weighted by Gasteiger charge is 2.28. The highest BCUT2D eigenvalue weighted by molar-refractivity contribution is 6.59. The molecule has 0 aliphatic heterocycles. The summed E-state index contributed by atoms with van der Waals surface area (Å²) in [6, 6.07) is 7.37. The van der Waals surface area contributed by atoms with Gasteiger partial charge in [-0.3, -0.25) is 14.4 Å². The van der Waals surface area contributed by atoms with E-state index in [2.05, 4.69) is 10.1 Å². The fourth-order valence-electron chi connectivity index (χ4n) is 1.70. The molecule has 0 aromatic heterocycles. The zero-order chi connectivity index (χ0) is 15.8. The average molecular weight is 288 g/mol. The van der Waals surface area contributed by atoms with E-state index in [-0.39, 0.29) is 6.29 Å². The van der Waals surface area contributed by atoms with Crippen molar-refractivity contribution >= 4 is 23.7 Å². The molecule has 1 aromatic carbocycles. The molecule has 1 aromatic rings. The van der Waals surface area contributed by atoms with Crippen LogP contribution in [0.4, 0.5) is 0 Å². The van der Waals surface area contributed by atoms with Crippen molar-refractivity contribution in [1.29, 1.82) is 0 Å². The topological polar surface area (TPSA) is 126 Å². The first kappa shape index (κ1) is 16.4. The second kappa shape index (κ2) is 7.84. The third kappa shape index (κ3) is 4.76. The average Bonchev–Trinajstić information content (AvgIpc) is 2.49. The molecular formula is C14H16N4O3. The molecule has 0 aliphatic rings. The Morgan fingerprint density at radius 3 is 2.52 bits per heavy atom. The number of hydrogen-bond donors (Lipinski definition) is 2. The Kier molecular flexibility index (Phi) is 6.13. The molecule has 0 unspecified atom stereocenters. The Morgan fingerprint density at radius 1 is 1.38 bits per heavy atom. The quantitative estimate of drug-likeness (QED) is 0.230. The van der Waals surface area contributed by atoms with E-state index < -0.39 is 29.5 Å². The van der Waals surface area contributed by atoms with E-state index in [1.165, 1.54) is 6.92 Å². The molecule has 1 rings (SSSR count). The van der Waals surface area contributed by atoms with Gasteiger partial charge in [-0.25, -0.2) is 0 Å². The number of nitrogens with two attached hydrogens (primary N) is 1. The lowest BCUT2D eigenvalue weighted by molar-refractivity contribution is -0.128. The molecule has 7 nitrogen and oxygen atoms in total. The summed E-state index contributed by atoms with van der Waals surface area (Å²) in [7, 11) is 0. The van der Waals surface area contributed by atoms with Crippen LogP contribution in [0.15, 0.2) is 30.3 Å². The summed E-state index contributed by atoms with van der Waals surface area (Å²) in [5.74, 6) is -1.31. The molecule has 3 N–H and O–H groups in total. The van der Waals surface area contributed by atoms with Crippen LogP contribution in [0.5, 0.6) is 0 Å². The van der Waals surface area contributed by atoms with E-state index in [0.29, 0.717) is 6.42 Å². The van der Waals surface area contributed by atoms with E-state index in [1.807, 2.05) is 30.3 Å². The van der Waals surface area contributed by atoms with Crippen molar-refractivity contribution in [1.82, 2.24) is 5.32 Å². The van der Waals surface area contributed by atoms with Crippen LogP contribution >= 0.6 is 0 Å². The van der Waals surface area contributed by atoms with Crippen LogP contribution in [0.2, 0.25) is 0 Å². The number of hydrogen-bond acceptors (Lipinski definition) is 4. The minimum atomic E-state index is -1.00. The van der Waals surface area contributed by atoms with Crippen molar-refractivity contribution < 1.29 is 19.2 Å². The summed E-state index contributed by atoms with van der Waals surface area (Å²) in [6.07, 6.45) is 0.442. The third-order valence-corrected chi connectivity index (χ3v) is 2.86. The SMILES string of the molecule is C[C@H](NC(=O)[C@@H](N)Cc1ccccc1)C(=O)C(C=O)=[N+]=[N-]. The molecule has 0 fully saturated rings. The van der Waals surface area contributed by atoms with Crippen molar-refractivity contribution in [3.63, 3.8) is 0 Å². The largest absolute Gasteiger partial charge is 0.399 e. The lowest BCUT2D eigenvalue weighted by Gasteiger charge is -2.15. The molecular weight excluding hydrogens is 272 g/mol. The molecule has 7 heteroatoms. The summed E-state index contributed by atoms with van der Waals surface area (Å²) in [6.45, 7) is 1.38. The van der Waals surface area contributed by atoms with Gasteiger partial charge in [0.2, 0.25) is 12.2 Å². The molecule has 0 saturated carbocycles. The summed E-state index contributed by atoms with van der Waals surface area (Å²) in [4.78, 5) is 36.6. The number of amides is 1. The fraction of sp³-hybridized carbons (Fsp3) is 0.286. The summed E-state index contributed by atoms with van der Waals surface area (Å²) >= 11 is 0. The van der Waals surface area contributed by atoms with Crippen LogP contribution in [0.25, 0.3) is 5.53 Å². The molecule has 1 amide bonds. The van der Waals surface area contributed by atoms with Gasteiger partial charge < -0.3 is 16.6 Å². The number of benzene rings is 1. The molecule has 0 bridgehead atoms.